The van der Waals surface area contributed by atoms with Gasteiger partial charge in [-0.05, 0) is 11.6 Å². The lowest BCUT2D eigenvalue weighted by Gasteiger charge is -2.05. The number of hydrogen-bond donors (Lipinski definition) is 0. The van der Waals surface area contributed by atoms with Gasteiger partial charge in [0.2, 0.25) is 0 Å². The summed E-state index contributed by atoms with van der Waals surface area (Å²) in [4.78, 5) is 0. The van der Waals surface area contributed by atoms with Gasteiger partial charge in [0, 0.05) is 5.02 Å². The van der Waals surface area contributed by atoms with Crippen molar-refractivity contribution in [2.75, 3.05) is 0 Å². The van der Waals surface area contributed by atoms with Crippen molar-refractivity contribution in [2.45, 2.75) is 12.7 Å². The first-order chi connectivity index (χ1) is 9.34. The summed E-state index contributed by atoms with van der Waals surface area (Å²) in [6.07, 6.45) is -4.74. The number of rotatable bonds is 2. The Morgan fingerprint density at radius 2 is 1.90 bits per heavy atom. The number of hydrogen-bond acceptors (Lipinski definition) is 2. The maximum absolute atomic E-state index is 12.7. The van der Waals surface area contributed by atoms with Crippen molar-refractivity contribution in [3.05, 3.63) is 51.3 Å². The molecule has 0 atom stereocenters. The van der Waals surface area contributed by atoms with Gasteiger partial charge < -0.3 is 0 Å². The van der Waals surface area contributed by atoms with E-state index in [1.807, 2.05) is 0 Å². The molecule has 2 aromatic rings. The van der Waals surface area contributed by atoms with Crippen LogP contribution < -0.4 is 0 Å². The van der Waals surface area contributed by atoms with Crippen molar-refractivity contribution in [1.29, 1.82) is 5.26 Å². The van der Waals surface area contributed by atoms with Gasteiger partial charge >= 0.3 is 6.18 Å². The molecule has 0 saturated carbocycles. The molecule has 3 nitrogen and oxygen atoms in total. The second-order valence-electron chi connectivity index (χ2n) is 3.87. The highest BCUT2D eigenvalue weighted by Crippen LogP contribution is 2.34. The Bertz CT molecular complexity index is 686. The number of alkyl halides is 3. The van der Waals surface area contributed by atoms with Crippen LogP contribution in [0, 0.1) is 11.3 Å². The Balaban J connectivity index is 2.47. The first-order valence-corrected chi connectivity index (χ1v) is 6.07. The lowest BCUT2D eigenvalue weighted by Crippen LogP contribution is -2.09. The minimum Gasteiger partial charge on any atom is -0.248 e. The van der Waals surface area contributed by atoms with Crippen LogP contribution in [0.5, 0.6) is 0 Å². The molecule has 1 heterocycles. The highest BCUT2D eigenvalue weighted by molar-refractivity contribution is 6.31. The normalized spacial score (nSPS) is 11.4. The second-order valence-corrected chi connectivity index (χ2v) is 4.64. The summed E-state index contributed by atoms with van der Waals surface area (Å²) in [5.74, 6) is 0. The Morgan fingerprint density at radius 1 is 1.25 bits per heavy atom. The smallest absolute Gasteiger partial charge is 0.248 e. The zero-order valence-corrected chi connectivity index (χ0v) is 11.3. The molecular weight excluding hydrogens is 314 g/mol. The zero-order chi connectivity index (χ0) is 14.9. The van der Waals surface area contributed by atoms with Crippen LogP contribution in [0.25, 0.3) is 0 Å². The van der Waals surface area contributed by atoms with Gasteiger partial charge in [-0.25, -0.2) is 4.68 Å². The van der Waals surface area contributed by atoms with E-state index in [4.69, 9.17) is 28.5 Å². The summed E-state index contributed by atoms with van der Waals surface area (Å²) in [5.41, 5.74) is -1.43. The third-order valence-electron chi connectivity index (χ3n) is 2.55. The molecule has 1 aromatic heterocycles. The van der Waals surface area contributed by atoms with E-state index < -0.39 is 17.4 Å². The Labute approximate surface area is 122 Å². The first kappa shape index (κ1) is 14.7. The van der Waals surface area contributed by atoms with Gasteiger partial charge in [-0.2, -0.15) is 23.5 Å². The maximum atomic E-state index is 12.7. The van der Waals surface area contributed by atoms with E-state index in [9.17, 15) is 13.2 Å². The molecule has 8 heteroatoms. The van der Waals surface area contributed by atoms with Gasteiger partial charge in [0.1, 0.15) is 16.8 Å². The minimum absolute atomic E-state index is 0.0523. The van der Waals surface area contributed by atoms with E-state index in [1.54, 1.807) is 24.3 Å². The lowest BCUT2D eigenvalue weighted by atomic mass is 10.2. The fraction of sp³-hybridized carbons (Fsp3) is 0.167. The summed E-state index contributed by atoms with van der Waals surface area (Å²) >= 11 is 11.7. The number of aromatic nitrogens is 2. The van der Waals surface area contributed by atoms with Crippen LogP contribution in [0.2, 0.25) is 10.2 Å². The molecule has 1 aromatic carbocycles. The average molecular weight is 320 g/mol. The second kappa shape index (κ2) is 5.35. The summed E-state index contributed by atoms with van der Waals surface area (Å²) in [6, 6.07) is 8.04. The Hall–Kier alpha value is -1.71. The number of nitrogens with zero attached hydrogens (tertiary/aromatic N) is 3. The number of halogens is 5. The largest absolute Gasteiger partial charge is 0.436 e. The van der Waals surface area contributed by atoms with Crippen molar-refractivity contribution < 1.29 is 13.2 Å². The van der Waals surface area contributed by atoms with Crippen LogP contribution >= 0.6 is 23.2 Å². The third kappa shape index (κ3) is 2.74. The van der Waals surface area contributed by atoms with E-state index in [0.717, 1.165) is 4.68 Å². The van der Waals surface area contributed by atoms with Crippen LogP contribution in [-0.4, -0.2) is 9.78 Å². The number of nitriles is 1. The van der Waals surface area contributed by atoms with Crippen molar-refractivity contribution in [1.82, 2.24) is 9.78 Å². The fourth-order valence-corrected chi connectivity index (χ4v) is 2.06. The lowest BCUT2D eigenvalue weighted by molar-refractivity contribution is -0.141. The van der Waals surface area contributed by atoms with Gasteiger partial charge in [-0.3, -0.25) is 0 Å². The summed E-state index contributed by atoms with van der Waals surface area (Å²) in [5, 5.41) is 12.2. The molecule has 0 saturated heterocycles. The molecule has 0 aliphatic rings. The van der Waals surface area contributed by atoms with Crippen molar-refractivity contribution >= 4 is 23.2 Å². The van der Waals surface area contributed by atoms with E-state index in [2.05, 4.69) is 5.10 Å². The fourth-order valence-electron chi connectivity index (χ4n) is 1.63. The maximum Gasteiger partial charge on any atom is 0.436 e. The van der Waals surface area contributed by atoms with Crippen molar-refractivity contribution in [3.8, 4) is 6.07 Å². The monoisotopic (exact) mass is 319 g/mol. The average Bonchev–Trinajstić information content (AvgIpc) is 2.69. The summed E-state index contributed by atoms with van der Waals surface area (Å²) < 4.78 is 39.1. The van der Waals surface area contributed by atoms with Crippen LogP contribution in [0.3, 0.4) is 0 Å². The van der Waals surface area contributed by atoms with Gasteiger partial charge in [0.25, 0.3) is 0 Å². The molecule has 20 heavy (non-hydrogen) atoms. The molecule has 0 amide bonds. The van der Waals surface area contributed by atoms with E-state index in [0.29, 0.717) is 10.6 Å². The zero-order valence-electron chi connectivity index (χ0n) is 9.75. The van der Waals surface area contributed by atoms with Crippen LogP contribution in [0.4, 0.5) is 13.2 Å². The molecule has 0 radical (unpaired) electrons. The molecule has 104 valence electrons. The van der Waals surface area contributed by atoms with Gasteiger partial charge in [-0.1, -0.05) is 41.4 Å². The quantitative estimate of drug-likeness (QED) is 0.835. The number of benzene rings is 1. The van der Waals surface area contributed by atoms with Gasteiger partial charge in [0.05, 0.1) is 6.54 Å². The SMILES string of the molecule is N#Cc1c(C(F)(F)F)nn(Cc2ccccc2Cl)c1Cl. The third-order valence-corrected chi connectivity index (χ3v) is 3.30. The standard InChI is InChI=1S/C12H6Cl2F3N3/c13-9-4-2-1-3-7(9)6-20-11(14)8(5-18)10(19-20)12(15,16)17/h1-4H,6H2. The van der Waals surface area contributed by atoms with Crippen LogP contribution in [0.1, 0.15) is 16.8 Å². The highest BCUT2D eigenvalue weighted by atomic mass is 35.5. The molecule has 0 N–H and O–H groups in total. The Kier molecular flexibility index (Phi) is 3.93. The molecule has 0 spiro atoms. The summed E-state index contributed by atoms with van der Waals surface area (Å²) in [7, 11) is 0. The predicted octanol–water partition coefficient (Wildman–Crippen LogP) is 4.13. The highest BCUT2D eigenvalue weighted by Gasteiger charge is 2.39. The van der Waals surface area contributed by atoms with Crippen LogP contribution in [0.15, 0.2) is 24.3 Å². The molecule has 0 aliphatic carbocycles. The molecule has 0 fully saturated rings. The molecule has 0 bridgehead atoms. The van der Waals surface area contributed by atoms with E-state index in [1.165, 1.54) is 6.07 Å². The van der Waals surface area contributed by atoms with Gasteiger partial charge in [0.15, 0.2) is 5.69 Å². The minimum atomic E-state index is -4.74. The van der Waals surface area contributed by atoms with E-state index in [-0.39, 0.29) is 11.7 Å². The van der Waals surface area contributed by atoms with Crippen LogP contribution in [-0.2, 0) is 12.7 Å². The molecule has 0 aliphatic heterocycles. The van der Waals surface area contributed by atoms with E-state index >= 15 is 0 Å². The first-order valence-electron chi connectivity index (χ1n) is 5.31. The molecular formula is C12H6Cl2F3N3. The van der Waals surface area contributed by atoms with Gasteiger partial charge in [-0.15, -0.1) is 0 Å². The predicted molar refractivity (Wildman–Crippen MR) is 67.5 cm³/mol. The molecule has 2 rings (SSSR count). The Morgan fingerprint density at radius 3 is 2.40 bits per heavy atom. The van der Waals surface area contributed by atoms with Crippen molar-refractivity contribution in [2.24, 2.45) is 0 Å². The molecule has 0 unspecified atom stereocenters. The topological polar surface area (TPSA) is 41.6 Å². The summed E-state index contributed by atoms with van der Waals surface area (Å²) in [6.45, 7) is -0.0523. The van der Waals surface area contributed by atoms with Crippen molar-refractivity contribution in [3.63, 3.8) is 0 Å².